The van der Waals surface area contributed by atoms with Gasteiger partial charge in [-0.1, -0.05) is 37.5 Å². The molecule has 1 fully saturated rings. The molecule has 1 aliphatic heterocycles. The van der Waals surface area contributed by atoms with Gasteiger partial charge in [0.05, 0.1) is 0 Å². The molecule has 1 aliphatic carbocycles. The van der Waals surface area contributed by atoms with E-state index >= 15 is 0 Å². The third kappa shape index (κ3) is 1.63. The fraction of sp³-hybridized carbons (Fsp3) is 0.600. The lowest BCUT2D eigenvalue weighted by Crippen LogP contribution is -2.25. The minimum atomic E-state index is 0.625. The molecule has 16 heavy (non-hydrogen) atoms. The first-order valence-electron chi connectivity index (χ1n) is 6.72. The van der Waals surface area contributed by atoms with Gasteiger partial charge in [0.1, 0.15) is 0 Å². The Balaban J connectivity index is 1.89. The van der Waals surface area contributed by atoms with Crippen molar-refractivity contribution in [3.8, 4) is 0 Å². The Morgan fingerprint density at radius 2 is 1.81 bits per heavy atom. The van der Waals surface area contributed by atoms with Crippen LogP contribution in [0.25, 0.3) is 0 Å². The number of hydrogen-bond acceptors (Lipinski definition) is 1. The Labute approximate surface area is 98.3 Å². The molecule has 0 bridgehead atoms. The highest BCUT2D eigenvalue weighted by Gasteiger charge is 2.35. The molecule has 0 aromatic heterocycles. The SMILES string of the molecule is C[C@H]1Nc2ccccc2[C@H]1C1CCCCC1. The summed E-state index contributed by atoms with van der Waals surface area (Å²) in [6, 6.07) is 9.51. The zero-order valence-corrected chi connectivity index (χ0v) is 10.1. The van der Waals surface area contributed by atoms with Crippen LogP contribution in [0.15, 0.2) is 24.3 Å². The molecule has 0 unspecified atom stereocenters. The Morgan fingerprint density at radius 3 is 2.62 bits per heavy atom. The van der Waals surface area contributed by atoms with Gasteiger partial charge in [-0.2, -0.15) is 0 Å². The van der Waals surface area contributed by atoms with Crippen molar-refractivity contribution in [1.29, 1.82) is 0 Å². The van der Waals surface area contributed by atoms with Crippen LogP contribution in [0.2, 0.25) is 0 Å². The van der Waals surface area contributed by atoms with E-state index in [1.54, 1.807) is 5.56 Å². The molecule has 1 heterocycles. The monoisotopic (exact) mass is 215 g/mol. The molecule has 1 aromatic rings. The first-order valence-corrected chi connectivity index (χ1v) is 6.72. The van der Waals surface area contributed by atoms with Crippen molar-refractivity contribution in [2.75, 3.05) is 5.32 Å². The second-order valence-corrected chi connectivity index (χ2v) is 5.44. The van der Waals surface area contributed by atoms with Crippen LogP contribution < -0.4 is 5.32 Å². The molecule has 1 N–H and O–H groups in total. The van der Waals surface area contributed by atoms with E-state index in [1.165, 1.54) is 37.8 Å². The van der Waals surface area contributed by atoms with Gasteiger partial charge in [-0.3, -0.25) is 0 Å². The van der Waals surface area contributed by atoms with Crippen molar-refractivity contribution in [2.45, 2.75) is 51.0 Å². The second-order valence-electron chi connectivity index (χ2n) is 5.44. The maximum atomic E-state index is 3.64. The minimum absolute atomic E-state index is 0.625. The summed E-state index contributed by atoms with van der Waals surface area (Å²) in [6.45, 7) is 2.35. The molecule has 1 saturated carbocycles. The molecule has 2 atom stereocenters. The zero-order valence-electron chi connectivity index (χ0n) is 10.1. The van der Waals surface area contributed by atoms with Gasteiger partial charge < -0.3 is 5.32 Å². The number of para-hydroxylation sites is 1. The van der Waals surface area contributed by atoms with Crippen LogP contribution in [0, 0.1) is 5.92 Å². The summed E-state index contributed by atoms with van der Waals surface area (Å²) in [7, 11) is 0. The lowest BCUT2D eigenvalue weighted by Gasteiger charge is -2.30. The molecule has 86 valence electrons. The van der Waals surface area contributed by atoms with Crippen LogP contribution in [0.5, 0.6) is 0 Å². The number of fused-ring (bicyclic) bond motifs is 1. The number of hydrogen-bond donors (Lipinski definition) is 1. The smallest absolute Gasteiger partial charge is 0.0378 e. The van der Waals surface area contributed by atoms with E-state index in [1.807, 2.05) is 0 Å². The van der Waals surface area contributed by atoms with E-state index in [4.69, 9.17) is 0 Å². The molecular formula is C15H21N. The summed E-state index contributed by atoms with van der Waals surface area (Å²) in [5, 5.41) is 3.64. The average molecular weight is 215 g/mol. The largest absolute Gasteiger partial charge is 0.382 e. The number of anilines is 1. The lowest BCUT2D eigenvalue weighted by molar-refractivity contribution is 0.296. The molecule has 0 saturated heterocycles. The first-order chi connectivity index (χ1) is 7.86. The zero-order chi connectivity index (χ0) is 11.0. The van der Waals surface area contributed by atoms with Gasteiger partial charge in [-0.05, 0) is 37.3 Å². The summed E-state index contributed by atoms with van der Waals surface area (Å²) < 4.78 is 0. The highest BCUT2D eigenvalue weighted by molar-refractivity contribution is 5.59. The van der Waals surface area contributed by atoms with E-state index in [9.17, 15) is 0 Å². The molecule has 2 aliphatic rings. The normalized spacial score (nSPS) is 29.8. The standard InChI is InChI=1S/C15H21N/c1-11-15(12-7-3-2-4-8-12)13-9-5-6-10-14(13)16-11/h5-6,9-12,15-16H,2-4,7-8H2,1H3/t11-,15-/m1/s1. The van der Waals surface area contributed by atoms with Gasteiger partial charge in [0.2, 0.25) is 0 Å². The van der Waals surface area contributed by atoms with Crippen molar-refractivity contribution in [3.05, 3.63) is 29.8 Å². The topological polar surface area (TPSA) is 12.0 Å². The van der Waals surface area contributed by atoms with Gasteiger partial charge in [-0.15, -0.1) is 0 Å². The molecule has 3 rings (SSSR count). The van der Waals surface area contributed by atoms with Crippen molar-refractivity contribution in [1.82, 2.24) is 0 Å². The summed E-state index contributed by atoms with van der Waals surface area (Å²) in [6.07, 6.45) is 7.20. The number of nitrogens with one attached hydrogen (secondary N) is 1. The highest BCUT2D eigenvalue weighted by Crippen LogP contribution is 2.45. The van der Waals surface area contributed by atoms with Gasteiger partial charge in [0, 0.05) is 17.6 Å². The van der Waals surface area contributed by atoms with Crippen LogP contribution in [-0.2, 0) is 0 Å². The molecule has 0 radical (unpaired) electrons. The quantitative estimate of drug-likeness (QED) is 0.741. The Kier molecular flexibility index (Phi) is 2.62. The molecule has 0 spiro atoms. The van der Waals surface area contributed by atoms with E-state index in [0.29, 0.717) is 6.04 Å². The van der Waals surface area contributed by atoms with Gasteiger partial charge >= 0.3 is 0 Å². The summed E-state index contributed by atoms with van der Waals surface area (Å²) in [5.74, 6) is 1.68. The predicted molar refractivity (Wildman–Crippen MR) is 68.8 cm³/mol. The Hall–Kier alpha value is -0.980. The third-order valence-electron chi connectivity index (χ3n) is 4.40. The van der Waals surface area contributed by atoms with Crippen molar-refractivity contribution >= 4 is 5.69 Å². The van der Waals surface area contributed by atoms with Crippen molar-refractivity contribution in [2.24, 2.45) is 5.92 Å². The van der Waals surface area contributed by atoms with Crippen LogP contribution in [-0.4, -0.2) is 6.04 Å². The Morgan fingerprint density at radius 1 is 1.06 bits per heavy atom. The number of benzene rings is 1. The summed E-state index contributed by atoms with van der Waals surface area (Å²) in [5.41, 5.74) is 2.95. The maximum Gasteiger partial charge on any atom is 0.0378 e. The van der Waals surface area contributed by atoms with E-state index in [2.05, 4.69) is 36.5 Å². The summed E-state index contributed by atoms with van der Waals surface area (Å²) in [4.78, 5) is 0. The lowest BCUT2D eigenvalue weighted by atomic mass is 9.75. The van der Waals surface area contributed by atoms with Gasteiger partial charge in [-0.25, -0.2) is 0 Å². The fourth-order valence-corrected chi connectivity index (χ4v) is 3.68. The second kappa shape index (κ2) is 4.12. The van der Waals surface area contributed by atoms with Crippen LogP contribution in [0.3, 0.4) is 0 Å². The predicted octanol–water partition coefficient (Wildman–Crippen LogP) is 4.16. The minimum Gasteiger partial charge on any atom is -0.382 e. The molecule has 1 nitrogen and oxygen atoms in total. The van der Waals surface area contributed by atoms with Crippen molar-refractivity contribution < 1.29 is 0 Å². The van der Waals surface area contributed by atoms with Gasteiger partial charge in [0.25, 0.3) is 0 Å². The first kappa shape index (κ1) is 10.2. The van der Waals surface area contributed by atoms with Crippen LogP contribution in [0.4, 0.5) is 5.69 Å². The molecule has 1 aromatic carbocycles. The van der Waals surface area contributed by atoms with Crippen LogP contribution >= 0.6 is 0 Å². The highest BCUT2D eigenvalue weighted by atomic mass is 15.0. The summed E-state index contributed by atoms with van der Waals surface area (Å²) >= 11 is 0. The van der Waals surface area contributed by atoms with Gasteiger partial charge in [0.15, 0.2) is 0 Å². The van der Waals surface area contributed by atoms with Crippen LogP contribution in [0.1, 0.15) is 50.5 Å². The van der Waals surface area contributed by atoms with E-state index in [0.717, 1.165) is 11.8 Å². The Bertz CT molecular complexity index is 365. The maximum absolute atomic E-state index is 3.64. The third-order valence-corrected chi connectivity index (χ3v) is 4.40. The van der Waals surface area contributed by atoms with E-state index in [-0.39, 0.29) is 0 Å². The number of rotatable bonds is 1. The average Bonchev–Trinajstić information content (AvgIpc) is 2.66. The van der Waals surface area contributed by atoms with Crippen molar-refractivity contribution in [3.63, 3.8) is 0 Å². The molecular weight excluding hydrogens is 194 g/mol. The molecule has 0 amide bonds. The van der Waals surface area contributed by atoms with E-state index < -0.39 is 0 Å². The molecule has 1 heteroatoms. The fourth-order valence-electron chi connectivity index (χ4n) is 3.68.